The molecule has 0 saturated carbocycles. The number of hydrogen-bond donors (Lipinski definition) is 0. The number of aliphatic imine (C=N–C) groups is 1. The third-order valence-electron chi connectivity index (χ3n) is 3.49. The van der Waals surface area contributed by atoms with Crippen molar-refractivity contribution in [1.29, 1.82) is 0 Å². The number of thioether (sulfide) groups is 1. The minimum atomic E-state index is 0.178. The van der Waals surface area contributed by atoms with Crippen molar-refractivity contribution in [2.24, 2.45) is 4.99 Å². The van der Waals surface area contributed by atoms with Gasteiger partial charge in [0, 0.05) is 16.2 Å². The van der Waals surface area contributed by atoms with Gasteiger partial charge in [0.05, 0.1) is 17.5 Å². The van der Waals surface area contributed by atoms with Gasteiger partial charge in [-0.25, -0.2) is 4.99 Å². The number of hydrogen-bond acceptors (Lipinski definition) is 4. The van der Waals surface area contributed by atoms with Crippen LogP contribution in [0.1, 0.15) is 11.3 Å². The fourth-order valence-corrected chi connectivity index (χ4v) is 4.44. The molecule has 5 heteroatoms. The predicted octanol–water partition coefficient (Wildman–Crippen LogP) is 3.68. The highest BCUT2D eigenvalue weighted by molar-refractivity contribution is 8.01. The zero-order valence-electron chi connectivity index (χ0n) is 10.7. The number of amides is 1. The third-order valence-corrected chi connectivity index (χ3v) is 5.61. The summed E-state index contributed by atoms with van der Waals surface area (Å²) in [4.78, 5) is 21.2. The Morgan fingerprint density at radius 3 is 3.00 bits per heavy atom. The molecule has 2 aliphatic heterocycles. The maximum Gasteiger partial charge on any atom is 0.229 e. The molecule has 100 valence electrons. The van der Waals surface area contributed by atoms with Gasteiger partial charge >= 0.3 is 0 Å². The van der Waals surface area contributed by atoms with Gasteiger partial charge in [0.1, 0.15) is 5.84 Å². The Kier molecular flexibility index (Phi) is 2.89. The number of amidine groups is 1. The Morgan fingerprint density at radius 2 is 2.15 bits per heavy atom. The highest BCUT2D eigenvalue weighted by Crippen LogP contribution is 2.42. The molecule has 3 heterocycles. The lowest BCUT2D eigenvalue weighted by atomic mass is 10.3. The Bertz CT molecular complexity index is 694. The van der Waals surface area contributed by atoms with Crippen LogP contribution in [0.25, 0.3) is 0 Å². The van der Waals surface area contributed by atoms with Crippen molar-refractivity contribution < 1.29 is 4.79 Å². The van der Waals surface area contributed by atoms with Gasteiger partial charge < -0.3 is 0 Å². The molecule has 2 aromatic rings. The molecular formula is C15H12N2OS2. The van der Waals surface area contributed by atoms with E-state index < -0.39 is 0 Å². The fraction of sp³-hybridized carbons (Fsp3) is 0.200. The number of rotatable bonds is 2. The largest absolute Gasteiger partial charge is 0.294 e. The standard InChI is InChI=1S/C15H12N2OS2/c18-14-8-13-15(17(14)9-10-4-3-7-19-10)16-11-5-1-2-6-12(11)20-13/h1-7,13H,8-9H2/t13-/m1/s1. The van der Waals surface area contributed by atoms with Crippen LogP contribution in [0.15, 0.2) is 51.7 Å². The summed E-state index contributed by atoms with van der Waals surface area (Å²) in [5.74, 6) is 1.11. The molecule has 0 spiro atoms. The van der Waals surface area contributed by atoms with Gasteiger partial charge in [-0.2, -0.15) is 0 Å². The molecule has 1 aromatic heterocycles. The number of thiophene rings is 1. The molecule has 0 N–H and O–H groups in total. The first-order valence-corrected chi connectivity index (χ1v) is 8.24. The molecule has 2 aliphatic rings. The van der Waals surface area contributed by atoms with Crippen molar-refractivity contribution in [3.05, 3.63) is 46.7 Å². The van der Waals surface area contributed by atoms with E-state index in [1.807, 2.05) is 34.5 Å². The summed E-state index contributed by atoms with van der Waals surface area (Å²) in [5.41, 5.74) is 0.981. The number of carbonyl (C=O) groups is 1. The van der Waals surface area contributed by atoms with E-state index in [1.165, 1.54) is 9.77 Å². The van der Waals surface area contributed by atoms with Crippen molar-refractivity contribution in [2.75, 3.05) is 0 Å². The quantitative estimate of drug-likeness (QED) is 0.847. The molecule has 0 aliphatic carbocycles. The minimum absolute atomic E-state index is 0.178. The molecule has 4 rings (SSSR count). The first kappa shape index (κ1) is 12.2. The van der Waals surface area contributed by atoms with Crippen LogP contribution in [0.5, 0.6) is 0 Å². The molecule has 1 fully saturated rings. The molecule has 1 atom stereocenters. The zero-order valence-corrected chi connectivity index (χ0v) is 12.3. The summed E-state index contributed by atoms with van der Waals surface area (Å²) in [5, 5.41) is 2.22. The Hall–Kier alpha value is -1.59. The van der Waals surface area contributed by atoms with E-state index in [-0.39, 0.29) is 11.2 Å². The number of benzene rings is 1. The molecule has 1 amide bonds. The van der Waals surface area contributed by atoms with Crippen LogP contribution in [0.2, 0.25) is 0 Å². The van der Waals surface area contributed by atoms with Gasteiger partial charge in [0.2, 0.25) is 5.91 Å². The number of likely N-dealkylation sites (tertiary alicyclic amines) is 1. The number of carbonyl (C=O) groups excluding carboxylic acids is 1. The average molecular weight is 300 g/mol. The van der Waals surface area contributed by atoms with Gasteiger partial charge in [-0.15, -0.1) is 23.1 Å². The van der Waals surface area contributed by atoms with Gasteiger partial charge in [0.15, 0.2) is 0 Å². The highest BCUT2D eigenvalue weighted by atomic mass is 32.2. The molecular weight excluding hydrogens is 288 g/mol. The van der Waals surface area contributed by atoms with Crippen LogP contribution < -0.4 is 0 Å². The van der Waals surface area contributed by atoms with E-state index in [0.717, 1.165) is 11.5 Å². The summed E-state index contributed by atoms with van der Waals surface area (Å²) >= 11 is 3.44. The Balaban J connectivity index is 1.70. The van der Waals surface area contributed by atoms with Crippen molar-refractivity contribution in [3.8, 4) is 0 Å². The van der Waals surface area contributed by atoms with E-state index in [2.05, 4.69) is 12.1 Å². The molecule has 20 heavy (non-hydrogen) atoms. The van der Waals surface area contributed by atoms with Gasteiger partial charge in [-0.1, -0.05) is 18.2 Å². The number of nitrogens with zero attached hydrogens (tertiary/aromatic N) is 2. The van der Waals surface area contributed by atoms with Crippen LogP contribution >= 0.6 is 23.1 Å². The van der Waals surface area contributed by atoms with Crippen LogP contribution in [-0.4, -0.2) is 21.9 Å². The van der Waals surface area contributed by atoms with Crippen molar-refractivity contribution >= 4 is 40.5 Å². The van der Waals surface area contributed by atoms with Gasteiger partial charge in [-0.05, 0) is 23.6 Å². The molecule has 1 saturated heterocycles. The maximum absolute atomic E-state index is 12.3. The second kappa shape index (κ2) is 4.75. The summed E-state index contributed by atoms with van der Waals surface area (Å²) < 4.78 is 0. The van der Waals surface area contributed by atoms with E-state index in [0.29, 0.717) is 13.0 Å². The lowest BCUT2D eigenvalue weighted by molar-refractivity contribution is -0.125. The molecule has 3 nitrogen and oxygen atoms in total. The van der Waals surface area contributed by atoms with Gasteiger partial charge in [-0.3, -0.25) is 9.69 Å². The van der Waals surface area contributed by atoms with E-state index in [9.17, 15) is 4.79 Å². The van der Waals surface area contributed by atoms with Crippen molar-refractivity contribution in [2.45, 2.75) is 23.1 Å². The monoisotopic (exact) mass is 300 g/mol. The van der Waals surface area contributed by atoms with Crippen LogP contribution in [0.3, 0.4) is 0 Å². The SMILES string of the molecule is O=C1C[C@H]2Sc3ccccc3N=C2N1Cc1cccs1. The van der Waals surface area contributed by atoms with Crippen molar-refractivity contribution in [1.82, 2.24) is 4.90 Å². The second-order valence-electron chi connectivity index (χ2n) is 4.81. The predicted molar refractivity (Wildman–Crippen MR) is 82.7 cm³/mol. The molecule has 0 bridgehead atoms. The lowest BCUT2D eigenvalue weighted by Gasteiger charge is -2.22. The maximum atomic E-state index is 12.3. The summed E-state index contributed by atoms with van der Waals surface area (Å²) in [6.07, 6.45) is 0.559. The zero-order chi connectivity index (χ0) is 13.5. The summed E-state index contributed by atoms with van der Waals surface area (Å²) in [6.45, 7) is 0.647. The van der Waals surface area contributed by atoms with Crippen LogP contribution in [0.4, 0.5) is 5.69 Å². The average Bonchev–Trinajstić information content (AvgIpc) is 3.06. The summed E-state index contributed by atoms with van der Waals surface area (Å²) in [7, 11) is 0. The van der Waals surface area contributed by atoms with E-state index >= 15 is 0 Å². The van der Waals surface area contributed by atoms with E-state index in [1.54, 1.807) is 23.1 Å². The minimum Gasteiger partial charge on any atom is -0.294 e. The smallest absolute Gasteiger partial charge is 0.229 e. The third kappa shape index (κ3) is 1.98. The number of fused-ring (bicyclic) bond motifs is 2. The fourth-order valence-electron chi connectivity index (χ4n) is 2.54. The molecule has 0 unspecified atom stereocenters. The second-order valence-corrected chi connectivity index (χ2v) is 7.08. The van der Waals surface area contributed by atoms with Gasteiger partial charge in [0.25, 0.3) is 0 Å². The topological polar surface area (TPSA) is 32.7 Å². The highest BCUT2D eigenvalue weighted by Gasteiger charge is 2.39. The Labute approximate surface area is 125 Å². The normalized spacial score (nSPS) is 20.6. The van der Waals surface area contributed by atoms with E-state index in [4.69, 9.17) is 4.99 Å². The molecule has 1 aromatic carbocycles. The summed E-state index contributed by atoms with van der Waals surface area (Å²) in [6, 6.07) is 12.2. The lowest BCUT2D eigenvalue weighted by Crippen LogP contribution is -2.31. The van der Waals surface area contributed by atoms with Crippen molar-refractivity contribution in [3.63, 3.8) is 0 Å². The molecule has 0 radical (unpaired) electrons. The van der Waals surface area contributed by atoms with Crippen LogP contribution in [-0.2, 0) is 11.3 Å². The Morgan fingerprint density at radius 1 is 1.25 bits per heavy atom. The first-order chi connectivity index (χ1) is 9.81. The number of para-hydroxylation sites is 1. The first-order valence-electron chi connectivity index (χ1n) is 6.48. The van der Waals surface area contributed by atoms with Crippen LogP contribution in [0, 0.1) is 0 Å².